The van der Waals surface area contributed by atoms with Gasteiger partial charge in [0, 0.05) is 17.3 Å². The second kappa shape index (κ2) is 6.73. The van der Waals surface area contributed by atoms with Crippen molar-refractivity contribution in [3.05, 3.63) is 17.9 Å². The molecule has 0 spiro atoms. The summed E-state index contributed by atoms with van der Waals surface area (Å²) in [5.74, 6) is 1.75. The molecule has 21 heavy (non-hydrogen) atoms. The van der Waals surface area contributed by atoms with E-state index in [4.69, 9.17) is 4.42 Å². The number of hydrogen-bond acceptors (Lipinski definition) is 5. The molecular formula is C14H24N2O3S2. The van der Waals surface area contributed by atoms with Gasteiger partial charge in [-0.2, -0.15) is 11.8 Å². The zero-order chi connectivity index (χ0) is 15.5. The van der Waals surface area contributed by atoms with Crippen LogP contribution in [0.4, 0.5) is 0 Å². The van der Waals surface area contributed by atoms with Gasteiger partial charge in [-0.3, -0.25) is 0 Å². The van der Waals surface area contributed by atoms with E-state index in [9.17, 15) is 8.42 Å². The molecule has 1 atom stereocenters. The molecule has 1 aliphatic heterocycles. The first-order chi connectivity index (χ1) is 9.76. The molecule has 2 N–H and O–H groups in total. The summed E-state index contributed by atoms with van der Waals surface area (Å²) in [7, 11) is -3.54. The first-order valence-electron chi connectivity index (χ1n) is 7.21. The molecule has 1 aromatic heterocycles. The van der Waals surface area contributed by atoms with Gasteiger partial charge in [-0.1, -0.05) is 0 Å². The zero-order valence-electron chi connectivity index (χ0n) is 12.8. The molecule has 1 aliphatic rings. The average molecular weight is 332 g/mol. The Hall–Kier alpha value is -0.500. The van der Waals surface area contributed by atoms with Crippen LogP contribution in [0.3, 0.4) is 0 Å². The molecule has 0 radical (unpaired) electrons. The Bertz CT molecular complexity index is 555. The van der Waals surface area contributed by atoms with Gasteiger partial charge in [-0.25, -0.2) is 13.1 Å². The summed E-state index contributed by atoms with van der Waals surface area (Å²) < 4.78 is 32.4. The van der Waals surface area contributed by atoms with Gasteiger partial charge in [0.1, 0.15) is 5.76 Å². The lowest BCUT2D eigenvalue weighted by molar-refractivity contribution is 0.359. The highest BCUT2D eigenvalue weighted by Gasteiger charge is 2.22. The molecule has 120 valence electrons. The number of hydrogen-bond donors (Lipinski definition) is 2. The summed E-state index contributed by atoms with van der Waals surface area (Å²) in [6, 6.07) is 3.22. The van der Waals surface area contributed by atoms with Gasteiger partial charge < -0.3 is 9.73 Å². The molecule has 2 rings (SSSR count). The number of nitrogens with one attached hydrogen (secondary N) is 2. The third-order valence-electron chi connectivity index (χ3n) is 3.22. The molecule has 2 heterocycles. The normalized spacial score (nSPS) is 20.0. The van der Waals surface area contributed by atoms with Crippen LogP contribution in [0.25, 0.3) is 0 Å². The summed E-state index contributed by atoms with van der Waals surface area (Å²) >= 11 is 1.83. The quantitative estimate of drug-likeness (QED) is 0.837. The van der Waals surface area contributed by atoms with E-state index in [-0.39, 0.29) is 10.6 Å². The summed E-state index contributed by atoms with van der Waals surface area (Å²) in [4.78, 5) is 0. The van der Waals surface area contributed by atoms with Gasteiger partial charge in [0.25, 0.3) is 10.0 Å². The van der Waals surface area contributed by atoms with E-state index < -0.39 is 10.0 Å². The van der Waals surface area contributed by atoms with Crippen LogP contribution in [0.15, 0.2) is 21.6 Å². The average Bonchev–Trinajstić information content (AvgIpc) is 3.05. The lowest BCUT2D eigenvalue weighted by Crippen LogP contribution is -2.34. The minimum absolute atomic E-state index is 0.00351. The molecule has 1 saturated heterocycles. The van der Waals surface area contributed by atoms with E-state index >= 15 is 0 Å². The van der Waals surface area contributed by atoms with Gasteiger partial charge in [0.05, 0.1) is 6.54 Å². The van der Waals surface area contributed by atoms with E-state index in [1.54, 1.807) is 6.07 Å². The number of thioether (sulfide) groups is 1. The SMILES string of the molecule is CC(C)(C)NCc1ccc(S(=O)(=O)NCC2CCCS2)o1. The second-order valence-corrected chi connectivity index (χ2v) is 9.42. The fourth-order valence-corrected chi connectivity index (χ4v) is 4.36. The largest absolute Gasteiger partial charge is 0.447 e. The van der Waals surface area contributed by atoms with E-state index in [1.807, 2.05) is 11.8 Å². The van der Waals surface area contributed by atoms with Crippen LogP contribution in [-0.4, -0.2) is 31.5 Å². The van der Waals surface area contributed by atoms with Gasteiger partial charge in [0.2, 0.25) is 5.09 Å². The summed E-state index contributed by atoms with van der Waals surface area (Å²) in [6.07, 6.45) is 2.24. The zero-order valence-corrected chi connectivity index (χ0v) is 14.4. The van der Waals surface area contributed by atoms with Crippen molar-refractivity contribution in [2.45, 2.75) is 56.0 Å². The molecule has 7 heteroatoms. The summed E-state index contributed by atoms with van der Waals surface area (Å²) in [5, 5.41) is 3.65. The number of sulfonamides is 1. The van der Waals surface area contributed by atoms with Crippen molar-refractivity contribution in [3.8, 4) is 0 Å². The molecule has 1 aromatic rings. The van der Waals surface area contributed by atoms with Crippen molar-refractivity contribution in [2.24, 2.45) is 0 Å². The predicted molar refractivity (Wildman–Crippen MR) is 86.0 cm³/mol. The van der Waals surface area contributed by atoms with Crippen molar-refractivity contribution < 1.29 is 12.8 Å². The third kappa shape index (κ3) is 5.32. The standard InChI is InChI=1S/C14H24N2O3S2/c1-14(2,3)15-9-11-6-7-13(19-11)21(17,18)16-10-12-5-4-8-20-12/h6-7,12,15-16H,4-5,8-10H2,1-3H3. The Morgan fingerprint density at radius 1 is 1.38 bits per heavy atom. The van der Waals surface area contributed by atoms with Crippen LogP contribution in [-0.2, 0) is 16.6 Å². The first-order valence-corrected chi connectivity index (χ1v) is 9.74. The van der Waals surface area contributed by atoms with Crippen LogP contribution >= 0.6 is 11.8 Å². The van der Waals surface area contributed by atoms with E-state index in [0.29, 0.717) is 24.1 Å². The Morgan fingerprint density at radius 2 is 2.14 bits per heavy atom. The van der Waals surface area contributed by atoms with Crippen molar-refractivity contribution in [3.63, 3.8) is 0 Å². The van der Waals surface area contributed by atoms with Crippen LogP contribution in [0.2, 0.25) is 0 Å². The van der Waals surface area contributed by atoms with Crippen molar-refractivity contribution >= 4 is 21.8 Å². The lowest BCUT2D eigenvalue weighted by atomic mass is 10.1. The smallest absolute Gasteiger partial charge is 0.273 e. The Morgan fingerprint density at radius 3 is 2.76 bits per heavy atom. The minimum atomic E-state index is -3.54. The van der Waals surface area contributed by atoms with Crippen molar-refractivity contribution in [2.75, 3.05) is 12.3 Å². The molecule has 0 bridgehead atoms. The highest BCUT2D eigenvalue weighted by atomic mass is 32.2. The van der Waals surface area contributed by atoms with Gasteiger partial charge >= 0.3 is 0 Å². The second-order valence-electron chi connectivity index (χ2n) is 6.31. The molecule has 1 unspecified atom stereocenters. The minimum Gasteiger partial charge on any atom is -0.447 e. The molecule has 1 fully saturated rings. The summed E-state index contributed by atoms with van der Waals surface area (Å²) in [5.41, 5.74) is -0.0379. The fraction of sp³-hybridized carbons (Fsp3) is 0.714. The number of furan rings is 1. The predicted octanol–water partition coefficient (Wildman–Crippen LogP) is 2.34. The molecule has 5 nitrogen and oxygen atoms in total. The third-order valence-corrected chi connectivity index (χ3v) is 5.91. The lowest BCUT2D eigenvalue weighted by Gasteiger charge is -2.19. The Labute approximate surface area is 131 Å². The van der Waals surface area contributed by atoms with E-state index in [1.165, 1.54) is 12.5 Å². The van der Waals surface area contributed by atoms with E-state index in [0.717, 1.165) is 12.2 Å². The van der Waals surface area contributed by atoms with Crippen LogP contribution in [0, 0.1) is 0 Å². The van der Waals surface area contributed by atoms with Crippen LogP contribution in [0.5, 0.6) is 0 Å². The van der Waals surface area contributed by atoms with Gasteiger partial charge in [-0.15, -0.1) is 0 Å². The van der Waals surface area contributed by atoms with Crippen LogP contribution in [0.1, 0.15) is 39.4 Å². The highest BCUT2D eigenvalue weighted by Crippen LogP contribution is 2.25. The molecule has 0 aliphatic carbocycles. The maximum Gasteiger partial charge on any atom is 0.273 e. The van der Waals surface area contributed by atoms with Gasteiger partial charge in [-0.05, 0) is 51.5 Å². The van der Waals surface area contributed by atoms with Crippen molar-refractivity contribution in [1.82, 2.24) is 10.0 Å². The Balaban J connectivity index is 1.92. The monoisotopic (exact) mass is 332 g/mol. The molecule has 0 amide bonds. The van der Waals surface area contributed by atoms with Crippen LogP contribution < -0.4 is 10.0 Å². The molecule has 0 saturated carbocycles. The topological polar surface area (TPSA) is 71.3 Å². The summed E-state index contributed by atoms with van der Waals surface area (Å²) in [6.45, 7) is 7.14. The molecule has 0 aromatic carbocycles. The Kier molecular flexibility index (Phi) is 5.40. The number of rotatable bonds is 6. The molecular weight excluding hydrogens is 308 g/mol. The maximum absolute atomic E-state index is 12.2. The van der Waals surface area contributed by atoms with Crippen molar-refractivity contribution in [1.29, 1.82) is 0 Å². The van der Waals surface area contributed by atoms with E-state index in [2.05, 4.69) is 30.8 Å². The fourth-order valence-electron chi connectivity index (χ4n) is 2.03. The highest BCUT2D eigenvalue weighted by molar-refractivity contribution is 8.00. The first kappa shape index (κ1) is 16.9. The maximum atomic E-state index is 12.2. The van der Waals surface area contributed by atoms with Gasteiger partial charge in [0.15, 0.2) is 0 Å².